The van der Waals surface area contributed by atoms with Gasteiger partial charge in [0.05, 0.1) is 5.54 Å². The summed E-state index contributed by atoms with van der Waals surface area (Å²) in [5.41, 5.74) is 5.56. The fourth-order valence-electron chi connectivity index (χ4n) is 1.08. The molecule has 4 heteroatoms. The topological polar surface area (TPSA) is 43.1 Å². The standard InChI is InChI=1S/C11H13Cl2NO/c1-11(2,14)10(15)6-7-5-8(12)3-4-9(7)13/h3-5H,6,14H2,1-2H3. The molecular formula is C11H13Cl2NO. The third kappa shape index (κ3) is 3.49. The molecule has 0 amide bonds. The summed E-state index contributed by atoms with van der Waals surface area (Å²) >= 11 is 11.8. The van der Waals surface area contributed by atoms with Crippen LogP contribution in [0.2, 0.25) is 10.0 Å². The fraction of sp³-hybridized carbons (Fsp3) is 0.364. The molecule has 1 rings (SSSR count). The molecule has 0 spiro atoms. The highest BCUT2D eigenvalue weighted by Gasteiger charge is 2.22. The number of Topliss-reactive ketones (excluding diaryl/α,β-unsaturated/α-hetero) is 1. The van der Waals surface area contributed by atoms with Gasteiger partial charge in [0, 0.05) is 16.5 Å². The van der Waals surface area contributed by atoms with E-state index in [2.05, 4.69) is 0 Å². The Morgan fingerprint density at radius 3 is 2.53 bits per heavy atom. The minimum absolute atomic E-state index is 0.0633. The summed E-state index contributed by atoms with van der Waals surface area (Å²) in [6.45, 7) is 3.35. The van der Waals surface area contributed by atoms with Crippen LogP contribution >= 0.6 is 23.2 Å². The molecule has 0 atom stereocenters. The van der Waals surface area contributed by atoms with Crippen molar-refractivity contribution in [1.82, 2.24) is 0 Å². The highest BCUT2D eigenvalue weighted by atomic mass is 35.5. The smallest absolute Gasteiger partial charge is 0.156 e. The van der Waals surface area contributed by atoms with Gasteiger partial charge in [-0.1, -0.05) is 23.2 Å². The average Bonchev–Trinajstić information content (AvgIpc) is 2.09. The lowest BCUT2D eigenvalue weighted by atomic mass is 9.95. The summed E-state index contributed by atoms with van der Waals surface area (Å²) in [6.07, 6.45) is 0.211. The van der Waals surface area contributed by atoms with Gasteiger partial charge in [-0.05, 0) is 37.6 Å². The van der Waals surface area contributed by atoms with E-state index in [0.717, 1.165) is 0 Å². The van der Waals surface area contributed by atoms with E-state index in [9.17, 15) is 4.79 Å². The number of hydrogen-bond acceptors (Lipinski definition) is 2. The van der Waals surface area contributed by atoms with E-state index >= 15 is 0 Å². The highest BCUT2D eigenvalue weighted by Crippen LogP contribution is 2.22. The highest BCUT2D eigenvalue weighted by molar-refractivity contribution is 6.33. The van der Waals surface area contributed by atoms with Gasteiger partial charge in [-0.2, -0.15) is 0 Å². The summed E-state index contributed by atoms with van der Waals surface area (Å²) in [6, 6.07) is 5.05. The first kappa shape index (κ1) is 12.5. The number of halogens is 2. The van der Waals surface area contributed by atoms with Gasteiger partial charge in [0.25, 0.3) is 0 Å². The number of nitrogens with two attached hydrogens (primary N) is 1. The Labute approximate surface area is 99.4 Å². The van der Waals surface area contributed by atoms with Crippen molar-refractivity contribution in [2.24, 2.45) is 5.73 Å². The van der Waals surface area contributed by atoms with Gasteiger partial charge in [0.2, 0.25) is 0 Å². The predicted molar refractivity (Wildman–Crippen MR) is 63.4 cm³/mol. The Morgan fingerprint density at radius 1 is 1.40 bits per heavy atom. The van der Waals surface area contributed by atoms with Gasteiger partial charge in [0.15, 0.2) is 5.78 Å². The van der Waals surface area contributed by atoms with Crippen LogP contribution in [0.5, 0.6) is 0 Å². The maximum absolute atomic E-state index is 11.7. The van der Waals surface area contributed by atoms with Crippen LogP contribution in [0.1, 0.15) is 19.4 Å². The van der Waals surface area contributed by atoms with E-state index in [1.54, 1.807) is 32.0 Å². The lowest BCUT2D eigenvalue weighted by Crippen LogP contribution is -2.42. The van der Waals surface area contributed by atoms with Gasteiger partial charge >= 0.3 is 0 Å². The monoisotopic (exact) mass is 245 g/mol. The molecule has 0 saturated carbocycles. The largest absolute Gasteiger partial charge is 0.319 e. The Hall–Kier alpha value is -0.570. The van der Waals surface area contributed by atoms with Crippen LogP contribution in [0.15, 0.2) is 18.2 Å². The van der Waals surface area contributed by atoms with Crippen LogP contribution in [0.3, 0.4) is 0 Å². The third-order valence-electron chi connectivity index (χ3n) is 2.08. The third-order valence-corrected chi connectivity index (χ3v) is 2.68. The molecule has 0 aliphatic heterocycles. The maximum atomic E-state index is 11.7. The Morgan fingerprint density at radius 2 is 2.00 bits per heavy atom. The van der Waals surface area contributed by atoms with E-state index < -0.39 is 5.54 Å². The molecule has 2 nitrogen and oxygen atoms in total. The van der Waals surface area contributed by atoms with Crippen LogP contribution < -0.4 is 5.73 Å². The van der Waals surface area contributed by atoms with E-state index in [1.807, 2.05) is 0 Å². The first-order valence-corrected chi connectivity index (χ1v) is 5.32. The van der Waals surface area contributed by atoms with Gasteiger partial charge < -0.3 is 5.73 Å². The average molecular weight is 246 g/mol. The summed E-state index contributed by atoms with van der Waals surface area (Å²) < 4.78 is 0. The maximum Gasteiger partial charge on any atom is 0.156 e. The second-order valence-corrected chi connectivity index (χ2v) is 4.90. The molecule has 15 heavy (non-hydrogen) atoms. The molecule has 0 aliphatic carbocycles. The zero-order chi connectivity index (χ0) is 11.6. The van der Waals surface area contributed by atoms with Crippen LogP contribution in [-0.2, 0) is 11.2 Å². The molecular weight excluding hydrogens is 233 g/mol. The van der Waals surface area contributed by atoms with E-state index in [-0.39, 0.29) is 12.2 Å². The number of carbonyl (C=O) groups excluding carboxylic acids is 1. The van der Waals surface area contributed by atoms with E-state index in [1.165, 1.54) is 0 Å². The van der Waals surface area contributed by atoms with Gasteiger partial charge in [0.1, 0.15) is 0 Å². The van der Waals surface area contributed by atoms with Crippen molar-refractivity contribution in [3.05, 3.63) is 33.8 Å². The van der Waals surface area contributed by atoms with Crippen molar-refractivity contribution < 1.29 is 4.79 Å². The van der Waals surface area contributed by atoms with E-state index in [4.69, 9.17) is 28.9 Å². The molecule has 1 aromatic rings. The summed E-state index contributed by atoms with van der Waals surface area (Å²) in [7, 11) is 0. The van der Waals surface area contributed by atoms with Crippen LogP contribution in [0.25, 0.3) is 0 Å². The van der Waals surface area contributed by atoms with Gasteiger partial charge in [-0.15, -0.1) is 0 Å². The second kappa shape index (κ2) is 4.52. The number of ketones is 1. The van der Waals surface area contributed by atoms with Crippen molar-refractivity contribution in [2.45, 2.75) is 25.8 Å². The summed E-state index contributed by atoms with van der Waals surface area (Å²) in [5.74, 6) is -0.0633. The summed E-state index contributed by atoms with van der Waals surface area (Å²) in [5, 5.41) is 1.11. The van der Waals surface area contributed by atoms with Crippen molar-refractivity contribution in [3.8, 4) is 0 Å². The zero-order valence-corrected chi connectivity index (χ0v) is 10.2. The van der Waals surface area contributed by atoms with Crippen molar-refractivity contribution in [2.75, 3.05) is 0 Å². The molecule has 1 aromatic carbocycles. The second-order valence-electron chi connectivity index (χ2n) is 4.06. The van der Waals surface area contributed by atoms with Crippen molar-refractivity contribution in [1.29, 1.82) is 0 Å². The lowest BCUT2D eigenvalue weighted by molar-refractivity contribution is -0.122. The number of rotatable bonds is 3. The Balaban J connectivity index is 2.90. The normalized spacial score (nSPS) is 11.5. The lowest BCUT2D eigenvalue weighted by Gasteiger charge is -2.17. The molecule has 0 aromatic heterocycles. The van der Waals surface area contributed by atoms with Crippen molar-refractivity contribution >= 4 is 29.0 Å². The molecule has 2 N–H and O–H groups in total. The molecule has 0 unspecified atom stereocenters. The molecule has 0 fully saturated rings. The van der Waals surface area contributed by atoms with Crippen LogP contribution in [-0.4, -0.2) is 11.3 Å². The fourth-order valence-corrected chi connectivity index (χ4v) is 1.46. The molecule has 0 radical (unpaired) electrons. The van der Waals surface area contributed by atoms with Crippen molar-refractivity contribution in [3.63, 3.8) is 0 Å². The Bertz CT molecular complexity index is 383. The summed E-state index contributed by atoms with van der Waals surface area (Å²) in [4.78, 5) is 11.7. The van der Waals surface area contributed by atoms with Crippen LogP contribution in [0.4, 0.5) is 0 Å². The quantitative estimate of drug-likeness (QED) is 0.891. The SMILES string of the molecule is CC(C)(N)C(=O)Cc1cc(Cl)ccc1Cl. The van der Waals surface area contributed by atoms with Gasteiger partial charge in [-0.25, -0.2) is 0 Å². The zero-order valence-electron chi connectivity index (χ0n) is 8.68. The molecule has 0 saturated heterocycles. The van der Waals surface area contributed by atoms with Gasteiger partial charge in [-0.3, -0.25) is 4.79 Å². The van der Waals surface area contributed by atoms with E-state index in [0.29, 0.717) is 15.6 Å². The number of carbonyl (C=O) groups is 1. The molecule has 0 heterocycles. The van der Waals surface area contributed by atoms with Crippen LogP contribution in [0, 0.1) is 0 Å². The number of hydrogen-bond donors (Lipinski definition) is 1. The minimum Gasteiger partial charge on any atom is -0.319 e. The molecule has 0 aliphatic rings. The first-order valence-electron chi connectivity index (χ1n) is 4.57. The Kier molecular flexibility index (Phi) is 3.77. The predicted octanol–water partition coefficient (Wildman–Crippen LogP) is 2.84. The molecule has 82 valence electrons. The molecule has 0 bridgehead atoms. The first-order chi connectivity index (χ1) is 6.80. The minimum atomic E-state index is -0.842. The number of benzene rings is 1.